The molecule has 9 heteroatoms. The predicted octanol–water partition coefficient (Wildman–Crippen LogP) is 2.70. The summed E-state index contributed by atoms with van der Waals surface area (Å²) in [5, 5.41) is 10.7. The molecule has 0 unspecified atom stereocenters. The maximum absolute atomic E-state index is 13.9. The summed E-state index contributed by atoms with van der Waals surface area (Å²) in [6.07, 6.45) is -1.04. The average molecular weight is 340 g/mol. The van der Waals surface area contributed by atoms with Gasteiger partial charge in [-0.2, -0.15) is 8.78 Å². The number of nitrogens with zero attached hydrogens (tertiary/aromatic N) is 1. The van der Waals surface area contributed by atoms with Crippen molar-refractivity contribution >= 4 is 12.1 Å². The second kappa shape index (κ2) is 7.07. The van der Waals surface area contributed by atoms with E-state index in [1.54, 1.807) is 30.3 Å². The number of amides is 1. The Bertz CT molecular complexity index is 731. The predicted molar refractivity (Wildman–Crippen MR) is 76.7 cm³/mol. The van der Waals surface area contributed by atoms with Gasteiger partial charge in [-0.1, -0.05) is 30.3 Å². The van der Waals surface area contributed by atoms with Gasteiger partial charge in [0.1, 0.15) is 12.4 Å². The number of aromatic nitrogens is 1. The van der Waals surface area contributed by atoms with Crippen LogP contribution in [0.25, 0.3) is 0 Å². The molecule has 1 amide bonds. The lowest BCUT2D eigenvalue weighted by atomic mass is 10.2. The molecule has 0 bridgehead atoms. The number of aromatic carboxylic acids is 1. The van der Waals surface area contributed by atoms with Crippen LogP contribution >= 0.6 is 0 Å². The number of oxazole rings is 1. The molecule has 2 N–H and O–H groups in total. The maximum Gasteiger partial charge on any atom is 0.407 e. The van der Waals surface area contributed by atoms with E-state index >= 15 is 0 Å². The summed E-state index contributed by atoms with van der Waals surface area (Å²) in [7, 11) is 0. The second-order valence-electron chi connectivity index (χ2n) is 4.85. The molecule has 0 radical (unpaired) electrons. The Balaban J connectivity index is 1.91. The lowest BCUT2D eigenvalue weighted by Gasteiger charge is -2.13. The topological polar surface area (TPSA) is 102 Å². The van der Waals surface area contributed by atoms with Gasteiger partial charge in [0, 0.05) is 0 Å². The van der Waals surface area contributed by atoms with Crippen LogP contribution < -0.4 is 5.32 Å². The van der Waals surface area contributed by atoms with Crippen molar-refractivity contribution in [3.8, 4) is 0 Å². The number of benzene rings is 1. The van der Waals surface area contributed by atoms with Gasteiger partial charge in [-0.15, -0.1) is 0 Å². The van der Waals surface area contributed by atoms with Gasteiger partial charge >= 0.3 is 18.0 Å². The van der Waals surface area contributed by atoms with E-state index in [2.05, 4.69) is 9.40 Å². The number of carbonyl (C=O) groups is 2. The minimum absolute atomic E-state index is 0.0699. The normalized spacial score (nSPS) is 11.1. The number of alkyl halides is 2. The van der Waals surface area contributed by atoms with Gasteiger partial charge in [-0.05, 0) is 12.5 Å². The van der Waals surface area contributed by atoms with Crippen molar-refractivity contribution in [3.63, 3.8) is 0 Å². The zero-order valence-electron chi connectivity index (χ0n) is 12.6. The van der Waals surface area contributed by atoms with Crippen LogP contribution in [0.4, 0.5) is 13.6 Å². The quantitative estimate of drug-likeness (QED) is 0.838. The first-order valence-electron chi connectivity index (χ1n) is 6.83. The van der Waals surface area contributed by atoms with Crippen molar-refractivity contribution in [1.29, 1.82) is 0 Å². The number of aryl methyl sites for hydroxylation is 1. The summed E-state index contributed by atoms with van der Waals surface area (Å²) >= 11 is 0. The fraction of sp³-hybridized carbons (Fsp3) is 0.267. The first-order chi connectivity index (χ1) is 11.3. The lowest BCUT2D eigenvalue weighted by Crippen LogP contribution is -2.35. The summed E-state index contributed by atoms with van der Waals surface area (Å²) in [5.41, 5.74) is 0.102. The van der Waals surface area contributed by atoms with E-state index in [9.17, 15) is 18.4 Å². The summed E-state index contributed by atoms with van der Waals surface area (Å²) in [5.74, 6) is -6.48. The van der Waals surface area contributed by atoms with Gasteiger partial charge in [-0.3, -0.25) is 0 Å². The minimum atomic E-state index is -3.68. The van der Waals surface area contributed by atoms with E-state index in [0.29, 0.717) is 5.56 Å². The average Bonchev–Trinajstić information content (AvgIpc) is 2.95. The molecule has 2 aromatic rings. The standard InChI is InChI=1S/C15H14F2N2O5/c1-9-11(12(20)21)19-13(24-9)15(16,17)8-18-14(22)23-7-10-5-3-2-4-6-10/h2-6H,7-8H2,1H3,(H,18,22)(H,20,21). The highest BCUT2D eigenvalue weighted by atomic mass is 19.3. The Labute approximate surface area is 135 Å². The fourth-order valence-corrected chi connectivity index (χ4v) is 1.78. The molecular formula is C15H14F2N2O5. The van der Waals surface area contributed by atoms with Gasteiger partial charge in [-0.25, -0.2) is 14.6 Å². The summed E-state index contributed by atoms with van der Waals surface area (Å²) < 4.78 is 37.3. The van der Waals surface area contributed by atoms with E-state index in [-0.39, 0.29) is 12.4 Å². The van der Waals surface area contributed by atoms with Crippen molar-refractivity contribution in [2.45, 2.75) is 19.5 Å². The molecule has 1 aromatic carbocycles. The molecule has 0 aliphatic carbocycles. The number of carboxylic acids is 1. The first-order valence-corrected chi connectivity index (χ1v) is 6.83. The Morgan fingerprint density at radius 2 is 2.00 bits per heavy atom. The van der Waals surface area contributed by atoms with Crippen molar-refractivity contribution in [1.82, 2.24) is 10.3 Å². The molecule has 1 heterocycles. The molecule has 0 aliphatic heterocycles. The molecule has 24 heavy (non-hydrogen) atoms. The highest BCUT2D eigenvalue weighted by molar-refractivity contribution is 5.86. The summed E-state index contributed by atoms with van der Waals surface area (Å²) in [4.78, 5) is 25.5. The zero-order valence-corrected chi connectivity index (χ0v) is 12.6. The van der Waals surface area contributed by atoms with Crippen LogP contribution in [-0.4, -0.2) is 28.7 Å². The smallest absolute Gasteiger partial charge is 0.407 e. The summed E-state index contributed by atoms with van der Waals surface area (Å²) in [6.45, 7) is -0.00324. The van der Waals surface area contributed by atoms with E-state index in [1.807, 2.05) is 5.32 Å². The highest BCUT2D eigenvalue weighted by Gasteiger charge is 2.39. The number of hydrogen-bond acceptors (Lipinski definition) is 5. The fourth-order valence-electron chi connectivity index (χ4n) is 1.78. The Morgan fingerprint density at radius 1 is 1.33 bits per heavy atom. The van der Waals surface area contributed by atoms with Gasteiger partial charge in [0.25, 0.3) is 5.89 Å². The SMILES string of the molecule is Cc1oc(C(F)(F)CNC(=O)OCc2ccccc2)nc1C(=O)O. The molecule has 128 valence electrons. The van der Waals surface area contributed by atoms with Crippen LogP contribution in [0.2, 0.25) is 0 Å². The van der Waals surface area contributed by atoms with Crippen molar-refractivity contribution in [2.75, 3.05) is 6.54 Å². The van der Waals surface area contributed by atoms with Crippen molar-refractivity contribution in [3.05, 3.63) is 53.2 Å². The van der Waals surface area contributed by atoms with E-state index in [0.717, 1.165) is 0 Å². The lowest BCUT2D eigenvalue weighted by molar-refractivity contribution is -0.0299. The number of ether oxygens (including phenoxy) is 1. The molecule has 2 rings (SSSR count). The molecule has 0 saturated heterocycles. The molecular weight excluding hydrogens is 326 g/mol. The Kier molecular flexibility index (Phi) is 5.12. The number of rotatable bonds is 6. The van der Waals surface area contributed by atoms with Crippen LogP contribution in [0.15, 0.2) is 34.7 Å². The van der Waals surface area contributed by atoms with Crippen LogP contribution in [0.3, 0.4) is 0 Å². The van der Waals surface area contributed by atoms with Gasteiger partial charge in [0.15, 0.2) is 5.69 Å². The molecule has 0 aliphatic rings. The third-order valence-corrected chi connectivity index (χ3v) is 2.98. The molecule has 7 nitrogen and oxygen atoms in total. The van der Waals surface area contributed by atoms with E-state index in [4.69, 9.17) is 9.84 Å². The van der Waals surface area contributed by atoms with Crippen molar-refractivity contribution < 1.29 is 32.6 Å². The minimum Gasteiger partial charge on any atom is -0.476 e. The van der Waals surface area contributed by atoms with E-state index in [1.165, 1.54) is 6.92 Å². The van der Waals surface area contributed by atoms with E-state index < -0.39 is 36.1 Å². The summed E-state index contributed by atoms with van der Waals surface area (Å²) in [6, 6.07) is 8.70. The third kappa shape index (κ3) is 4.28. The highest BCUT2D eigenvalue weighted by Crippen LogP contribution is 2.28. The van der Waals surface area contributed by atoms with Gasteiger partial charge in [0.05, 0.1) is 6.54 Å². The van der Waals surface area contributed by atoms with Crippen LogP contribution in [-0.2, 0) is 17.3 Å². The second-order valence-corrected chi connectivity index (χ2v) is 4.85. The number of alkyl carbamates (subject to hydrolysis) is 1. The van der Waals surface area contributed by atoms with Crippen molar-refractivity contribution in [2.24, 2.45) is 0 Å². The maximum atomic E-state index is 13.9. The Hall–Kier alpha value is -2.97. The first kappa shape index (κ1) is 17.4. The van der Waals surface area contributed by atoms with Crippen LogP contribution in [0.1, 0.15) is 27.7 Å². The van der Waals surface area contributed by atoms with Gasteiger partial charge in [0.2, 0.25) is 0 Å². The number of nitrogens with one attached hydrogen (secondary N) is 1. The molecule has 1 aromatic heterocycles. The number of halogens is 2. The number of hydrogen-bond donors (Lipinski definition) is 2. The monoisotopic (exact) mass is 340 g/mol. The number of carboxylic acid groups (broad SMARTS) is 1. The molecule has 0 saturated carbocycles. The molecule has 0 fully saturated rings. The van der Waals surface area contributed by atoms with Crippen LogP contribution in [0, 0.1) is 6.92 Å². The molecule has 0 atom stereocenters. The van der Waals surface area contributed by atoms with Gasteiger partial charge < -0.3 is 19.6 Å². The largest absolute Gasteiger partial charge is 0.476 e. The Morgan fingerprint density at radius 3 is 2.58 bits per heavy atom. The molecule has 0 spiro atoms. The number of carbonyl (C=O) groups excluding carboxylic acids is 1. The zero-order chi connectivity index (χ0) is 17.7. The third-order valence-electron chi connectivity index (χ3n) is 2.98. The van der Waals surface area contributed by atoms with Crippen LogP contribution in [0.5, 0.6) is 0 Å².